The van der Waals surface area contributed by atoms with Crippen LogP contribution in [-0.2, 0) is 10.2 Å². The fraction of sp³-hybridized carbons (Fsp3) is 0.0909. The first-order chi connectivity index (χ1) is 6.97. The SMILES string of the molecule is Cc1ccc(/C=C/C=C/S(=O)(=O)F)cc1. The molecule has 80 valence electrons. The maximum atomic E-state index is 12.0. The normalized spacial score (nSPS) is 12.7. The van der Waals surface area contributed by atoms with E-state index >= 15 is 0 Å². The molecular weight excluding hydrogens is 215 g/mol. The highest BCUT2D eigenvalue weighted by atomic mass is 32.3. The van der Waals surface area contributed by atoms with Crippen LogP contribution in [0.2, 0.25) is 0 Å². The Bertz CT molecular complexity index is 470. The lowest BCUT2D eigenvalue weighted by Gasteiger charge is -1.92. The van der Waals surface area contributed by atoms with Crippen molar-refractivity contribution in [3.05, 3.63) is 53.0 Å². The summed E-state index contributed by atoms with van der Waals surface area (Å²) >= 11 is 0. The van der Waals surface area contributed by atoms with Gasteiger partial charge in [0.25, 0.3) is 0 Å². The number of halogens is 1. The van der Waals surface area contributed by atoms with Gasteiger partial charge in [-0.1, -0.05) is 42.0 Å². The average Bonchev–Trinajstić information content (AvgIpc) is 2.14. The Labute approximate surface area is 89.0 Å². The lowest BCUT2D eigenvalue weighted by atomic mass is 10.1. The Kier molecular flexibility index (Phi) is 3.80. The van der Waals surface area contributed by atoms with Gasteiger partial charge in [0.1, 0.15) is 0 Å². The largest absolute Gasteiger partial charge is 0.325 e. The second kappa shape index (κ2) is 4.89. The molecule has 0 saturated heterocycles. The van der Waals surface area contributed by atoms with Gasteiger partial charge in [-0.25, -0.2) is 0 Å². The van der Waals surface area contributed by atoms with Gasteiger partial charge in [0.05, 0.1) is 5.41 Å². The number of hydrogen-bond donors (Lipinski definition) is 0. The van der Waals surface area contributed by atoms with Crippen LogP contribution in [0.4, 0.5) is 3.89 Å². The summed E-state index contributed by atoms with van der Waals surface area (Å²) in [6, 6.07) is 7.66. The molecule has 0 bridgehead atoms. The predicted molar refractivity (Wildman–Crippen MR) is 59.4 cm³/mol. The molecule has 0 aliphatic carbocycles. The fourth-order valence-corrected chi connectivity index (χ4v) is 1.26. The highest BCUT2D eigenvalue weighted by Gasteiger charge is 1.95. The van der Waals surface area contributed by atoms with Crippen molar-refractivity contribution in [2.24, 2.45) is 0 Å². The standard InChI is InChI=1S/C11H11FO2S/c1-10-5-7-11(8-6-10)4-2-3-9-15(12,13)14/h2-9H,1H3/b4-2+,9-3+. The van der Waals surface area contributed by atoms with Crippen molar-refractivity contribution in [1.29, 1.82) is 0 Å². The molecule has 0 aliphatic heterocycles. The zero-order chi connectivity index (χ0) is 11.3. The summed E-state index contributed by atoms with van der Waals surface area (Å²) in [5.74, 6) is 0. The van der Waals surface area contributed by atoms with Crippen LogP contribution in [0.5, 0.6) is 0 Å². The van der Waals surface area contributed by atoms with Gasteiger partial charge >= 0.3 is 10.2 Å². The van der Waals surface area contributed by atoms with E-state index in [4.69, 9.17) is 0 Å². The van der Waals surface area contributed by atoms with Crippen LogP contribution in [0, 0.1) is 6.92 Å². The van der Waals surface area contributed by atoms with Crippen LogP contribution in [0.3, 0.4) is 0 Å². The maximum absolute atomic E-state index is 12.0. The third-order valence-corrected chi connectivity index (χ3v) is 2.20. The number of rotatable bonds is 3. The molecule has 0 heterocycles. The predicted octanol–water partition coefficient (Wildman–Crippen LogP) is 2.82. The van der Waals surface area contributed by atoms with Gasteiger partial charge in [-0.3, -0.25) is 0 Å². The van der Waals surface area contributed by atoms with Crippen LogP contribution >= 0.6 is 0 Å². The van der Waals surface area contributed by atoms with E-state index < -0.39 is 10.2 Å². The molecule has 0 spiro atoms. The molecule has 4 heteroatoms. The molecular formula is C11H11FO2S. The van der Waals surface area contributed by atoms with Crippen molar-refractivity contribution >= 4 is 16.3 Å². The van der Waals surface area contributed by atoms with Crippen molar-refractivity contribution in [2.45, 2.75) is 6.92 Å². The van der Waals surface area contributed by atoms with Crippen LogP contribution in [0.15, 0.2) is 41.8 Å². The van der Waals surface area contributed by atoms with Gasteiger partial charge in [-0.2, -0.15) is 8.42 Å². The lowest BCUT2D eigenvalue weighted by Crippen LogP contribution is -1.79. The minimum atomic E-state index is -4.52. The molecule has 0 aromatic heterocycles. The molecule has 1 aromatic rings. The topological polar surface area (TPSA) is 34.1 Å². The van der Waals surface area contributed by atoms with Crippen molar-refractivity contribution in [3.63, 3.8) is 0 Å². The monoisotopic (exact) mass is 226 g/mol. The zero-order valence-corrected chi connectivity index (χ0v) is 9.04. The summed E-state index contributed by atoms with van der Waals surface area (Å²) in [7, 11) is -4.52. The molecule has 0 atom stereocenters. The number of benzene rings is 1. The van der Waals surface area contributed by atoms with Crippen LogP contribution in [0.1, 0.15) is 11.1 Å². The summed E-state index contributed by atoms with van der Waals surface area (Å²) in [6.45, 7) is 1.98. The Morgan fingerprint density at radius 2 is 1.73 bits per heavy atom. The van der Waals surface area contributed by atoms with Gasteiger partial charge in [0.2, 0.25) is 0 Å². The molecule has 0 saturated carbocycles. The Balaban J connectivity index is 2.67. The lowest BCUT2D eigenvalue weighted by molar-refractivity contribution is 0.563. The molecule has 0 fully saturated rings. The maximum Gasteiger partial charge on any atom is 0.325 e. The van der Waals surface area contributed by atoms with Crippen molar-refractivity contribution in [2.75, 3.05) is 0 Å². The summed E-state index contributed by atoms with van der Waals surface area (Å²) in [5.41, 5.74) is 2.08. The Morgan fingerprint density at radius 3 is 2.27 bits per heavy atom. The Hall–Kier alpha value is -1.42. The molecule has 0 radical (unpaired) electrons. The second-order valence-electron chi connectivity index (χ2n) is 3.07. The van der Waals surface area contributed by atoms with E-state index in [0.717, 1.165) is 17.2 Å². The quantitative estimate of drug-likeness (QED) is 0.586. The van der Waals surface area contributed by atoms with Crippen molar-refractivity contribution in [3.8, 4) is 0 Å². The minimum Gasteiger partial charge on any atom is -0.190 e. The minimum absolute atomic E-state index is 0.512. The van der Waals surface area contributed by atoms with Crippen LogP contribution < -0.4 is 0 Å². The van der Waals surface area contributed by atoms with E-state index in [1.807, 2.05) is 31.2 Å². The first-order valence-electron chi connectivity index (χ1n) is 4.33. The highest BCUT2D eigenvalue weighted by Crippen LogP contribution is 2.05. The van der Waals surface area contributed by atoms with E-state index in [9.17, 15) is 12.3 Å². The first kappa shape index (κ1) is 11.7. The molecule has 1 aromatic carbocycles. The van der Waals surface area contributed by atoms with Gasteiger partial charge in [-0.15, -0.1) is 3.89 Å². The Morgan fingerprint density at radius 1 is 1.13 bits per heavy atom. The smallest absolute Gasteiger partial charge is 0.190 e. The van der Waals surface area contributed by atoms with Gasteiger partial charge < -0.3 is 0 Å². The molecule has 2 nitrogen and oxygen atoms in total. The van der Waals surface area contributed by atoms with Crippen LogP contribution in [-0.4, -0.2) is 8.42 Å². The second-order valence-corrected chi connectivity index (χ2v) is 4.30. The zero-order valence-electron chi connectivity index (χ0n) is 8.22. The number of hydrogen-bond acceptors (Lipinski definition) is 2. The fourth-order valence-electron chi connectivity index (χ4n) is 0.983. The summed E-state index contributed by atoms with van der Waals surface area (Å²) in [5, 5.41) is 0.512. The molecule has 0 N–H and O–H groups in total. The van der Waals surface area contributed by atoms with E-state index in [1.165, 1.54) is 6.08 Å². The highest BCUT2D eigenvalue weighted by molar-refractivity contribution is 7.89. The molecule has 1 rings (SSSR count). The summed E-state index contributed by atoms with van der Waals surface area (Å²) < 4.78 is 32.2. The molecule has 0 aliphatic rings. The summed E-state index contributed by atoms with van der Waals surface area (Å²) in [6.07, 6.45) is 4.32. The van der Waals surface area contributed by atoms with Gasteiger partial charge in [0, 0.05) is 0 Å². The summed E-state index contributed by atoms with van der Waals surface area (Å²) in [4.78, 5) is 0. The molecule has 0 unspecified atom stereocenters. The van der Waals surface area contributed by atoms with E-state index in [2.05, 4.69) is 0 Å². The third-order valence-electron chi connectivity index (χ3n) is 1.72. The number of allylic oxidation sites excluding steroid dienone is 2. The first-order valence-corrected chi connectivity index (χ1v) is 5.78. The van der Waals surface area contributed by atoms with E-state index in [-0.39, 0.29) is 0 Å². The van der Waals surface area contributed by atoms with Crippen LogP contribution in [0.25, 0.3) is 6.08 Å². The van der Waals surface area contributed by atoms with E-state index in [0.29, 0.717) is 5.41 Å². The van der Waals surface area contributed by atoms with Gasteiger partial charge in [-0.05, 0) is 18.6 Å². The third kappa shape index (κ3) is 5.12. The van der Waals surface area contributed by atoms with Crippen molar-refractivity contribution in [1.82, 2.24) is 0 Å². The molecule has 0 amide bonds. The number of aryl methyl sites for hydroxylation is 1. The van der Waals surface area contributed by atoms with E-state index in [1.54, 1.807) is 6.08 Å². The van der Waals surface area contributed by atoms with Gasteiger partial charge in [0.15, 0.2) is 0 Å². The van der Waals surface area contributed by atoms with Crippen molar-refractivity contribution < 1.29 is 12.3 Å². The molecule has 15 heavy (non-hydrogen) atoms. The average molecular weight is 226 g/mol.